The predicted octanol–water partition coefficient (Wildman–Crippen LogP) is 4.55. The third kappa shape index (κ3) is 7.47. The summed E-state index contributed by atoms with van der Waals surface area (Å²) < 4.78 is 32.1. The van der Waals surface area contributed by atoms with E-state index in [1.54, 1.807) is 12.0 Å². The molecule has 2 aromatic carbocycles. The molecular formula is C31H39F2N3O4. The van der Waals surface area contributed by atoms with Crippen LogP contribution in [-0.2, 0) is 4.79 Å². The van der Waals surface area contributed by atoms with Crippen LogP contribution in [0.1, 0.15) is 43.2 Å². The number of hydrogen-bond acceptors (Lipinski definition) is 5. The zero-order chi connectivity index (χ0) is 28.8. The molecule has 3 aromatic rings. The van der Waals surface area contributed by atoms with E-state index >= 15 is 0 Å². The maximum atomic E-state index is 13.4. The number of benzene rings is 2. The Kier molecular flexibility index (Phi) is 9.95. The molecule has 1 saturated heterocycles. The van der Waals surface area contributed by atoms with E-state index < -0.39 is 23.8 Å². The molecule has 0 saturated carbocycles. The minimum atomic E-state index is -0.688. The fourth-order valence-electron chi connectivity index (χ4n) is 5.59. The van der Waals surface area contributed by atoms with Crippen LogP contribution in [0.15, 0.2) is 48.7 Å². The second-order valence-corrected chi connectivity index (χ2v) is 10.8. The van der Waals surface area contributed by atoms with E-state index in [-0.39, 0.29) is 17.7 Å². The molecule has 1 aromatic heterocycles. The lowest BCUT2D eigenvalue weighted by Gasteiger charge is -2.35. The molecular weight excluding hydrogens is 516 g/mol. The molecule has 3 atom stereocenters. The van der Waals surface area contributed by atoms with Crippen LogP contribution in [-0.4, -0.2) is 83.4 Å². The zero-order valence-electron chi connectivity index (χ0n) is 23.3. The van der Waals surface area contributed by atoms with Gasteiger partial charge in [0.25, 0.3) is 0 Å². The van der Waals surface area contributed by atoms with Gasteiger partial charge in [0.05, 0.1) is 19.3 Å². The lowest BCUT2D eigenvalue weighted by atomic mass is 9.89. The summed E-state index contributed by atoms with van der Waals surface area (Å²) in [5.41, 5.74) is 2.32. The van der Waals surface area contributed by atoms with Crippen LogP contribution in [0, 0.1) is 17.6 Å². The average Bonchev–Trinajstić information content (AvgIpc) is 3.34. The number of carbonyl (C=O) groups is 1. The number of aliphatic hydroxyl groups excluding tert-OH is 2. The molecule has 7 nitrogen and oxygen atoms in total. The molecule has 4 rings (SSSR count). The van der Waals surface area contributed by atoms with Crippen molar-refractivity contribution in [2.75, 3.05) is 40.3 Å². The van der Waals surface area contributed by atoms with Crippen LogP contribution < -0.4 is 4.74 Å². The van der Waals surface area contributed by atoms with E-state index in [4.69, 9.17) is 4.74 Å². The highest BCUT2D eigenvalue weighted by Gasteiger charge is 2.28. The topological polar surface area (TPSA) is 89.0 Å². The lowest BCUT2D eigenvalue weighted by Crippen LogP contribution is -2.43. The Labute approximate surface area is 234 Å². The van der Waals surface area contributed by atoms with Gasteiger partial charge in [0.15, 0.2) is 0 Å². The Hall–Kier alpha value is -3.27. The molecule has 1 aliphatic heterocycles. The molecule has 1 aliphatic rings. The smallest absolute Gasteiger partial charge is 0.246 e. The summed E-state index contributed by atoms with van der Waals surface area (Å²) in [4.78, 5) is 19.6. The molecule has 0 aliphatic carbocycles. The number of carbonyl (C=O) groups excluding carboxylic acids is 1. The molecule has 9 heteroatoms. The Morgan fingerprint density at radius 1 is 1.18 bits per heavy atom. The van der Waals surface area contributed by atoms with Gasteiger partial charge in [0.1, 0.15) is 17.4 Å². The number of fused-ring (bicyclic) bond motifs is 1. The highest BCUT2D eigenvalue weighted by molar-refractivity contribution is 5.91. The molecule has 0 bridgehead atoms. The van der Waals surface area contributed by atoms with Crippen molar-refractivity contribution in [2.24, 2.45) is 5.92 Å². The molecule has 40 heavy (non-hydrogen) atoms. The normalized spacial score (nSPS) is 17.1. The Balaban J connectivity index is 1.25. The van der Waals surface area contributed by atoms with E-state index in [9.17, 15) is 23.8 Å². The van der Waals surface area contributed by atoms with Gasteiger partial charge in [-0.1, -0.05) is 0 Å². The number of ether oxygens (including phenoxy) is 1. The van der Waals surface area contributed by atoms with E-state index in [0.717, 1.165) is 34.7 Å². The molecule has 0 spiro atoms. The number of aromatic amines is 1. The van der Waals surface area contributed by atoms with Gasteiger partial charge in [-0.3, -0.25) is 4.79 Å². The maximum Gasteiger partial charge on any atom is 0.246 e. The van der Waals surface area contributed by atoms with Gasteiger partial charge in [0, 0.05) is 60.9 Å². The molecule has 1 fully saturated rings. The van der Waals surface area contributed by atoms with Crippen molar-refractivity contribution in [2.45, 2.75) is 44.3 Å². The first-order chi connectivity index (χ1) is 19.1. The van der Waals surface area contributed by atoms with Crippen molar-refractivity contribution in [3.63, 3.8) is 0 Å². The number of rotatable bonds is 11. The third-order valence-electron chi connectivity index (χ3n) is 7.92. The first-order valence-electron chi connectivity index (χ1n) is 13.8. The van der Waals surface area contributed by atoms with Gasteiger partial charge in [0.2, 0.25) is 5.91 Å². The van der Waals surface area contributed by atoms with Crippen LogP contribution in [0.5, 0.6) is 5.75 Å². The van der Waals surface area contributed by atoms with E-state index in [2.05, 4.69) is 9.88 Å². The van der Waals surface area contributed by atoms with Gasteiger partial charge in [-0.2, -0.15) is 0 Å². The largest absolute Gasteiger partial charge is 0.497 e. The first kappa shape index (κ1) is 29.7. The summed E-state index contributed by atoms with van der Waals surface area (Å²) in [5.74, 6) is -0.804. The first-order valence-corrected chi connectivity index (χ1v) is 13.8. The standard InChI is InChI=1S/C31H39F2N3O4/c1-20(37)26(28-18-34-29-17-25(40-3)5-6-27(28)29)10-11-35(2)19-30(38)22-8-12-36(13-9-22)31(39)7-4-21-14-23(32)16-24(33)15-21/h4-7,14-18,20,22,26,30,34,37-38H,8-13,19H2,1-3H3/b7-4+. The van der Waals surface area contributed by atoms with Gasteiger partial charge >= 0.3 is 0 Å². The molecule has 1 amide bonds. The number of piperidine rings is 1. The number of H-pyrrole nitrogens is 1. The number of aliphatic hydroxyl groups is 2. The van der Waals surface area contributed by atoms with Crippen LogP contribution in [0.3, 0.4) is 0 Å². The van der Waals surface area contributed by atoms with Gasteiger partial charge in [-0.15, -0.1) is 0 Å². The number of methoxy groups -OCH3 is 1. The molecule has 0 radical (unpaired) electrons. The molecule has 2 heterocycles. The highest BCUT2D eigenvalue weighted by atomic mass is 19.1. The van der Waals surface area contributed by atoms with Crippen LogP contribution in [0.25, 0.3) is 17.0 Å². The Morgan fingerprint density at radius 2 is 1.88 bits per heavy atom. The fourth-order valence-corrected chi connectivity index (χ4v) is 5.59. The number of hydrogen-bond donors (Lipinski definition) is 3. The van der Waals surface area contributed by atoms with Crippen molar-refractivity contribution >= 4 is 22.9 Å². The van der Waals surface area contributed by atoms with Crippen molar-refractivity contribution in [3.05, 3.63) is 71.4 Å². The quantitative estimate of drug-likeness (QED) is 0.302. The van der Waals surface area contributed by atoms with E-state index in [0.29, 0.717) is 44.6 Å². The zero-order valence-corrected chi connectivity index (χ0v) is 23.3. The predicted molar refractivity (Wildman–Crippen MR) is 152 cm³/mol. The van der Waals surface area contributed by atoms with Crippen LogP contribution >= 0.6 is 0 Å². The Bertz CT molecular complexity index is 1300. The van der Waals surface area contributed by atoms with Crippen molar-refractivity contribution < 1.29 is 28.5 Å². The summed E-state index contributed by atoms with van der Waals surface area (Å²) in [5, 5.41) is 22.6. The SMILES string of the molecule is COc1ccc2c(C(CCN(C)CC(O)C3CCN(C(=O)/C=C/c4cc(F)cc(F)c4)CC3)C(C)O)c[nH]c2c1. The number of amides is 1. The lowest BCUT2D eigenvalue weighted by molar-refractivity contribution is -0.128. The summed E-state index contributed by atoms with van der Waals surface area (Å²) >= 11 is 0. The maximum absolute atomic E-state index is 13.4. The Morgan fingerprint density at radius 3 is 2.52 bits per heavy atom. The van der Waals surface area contributed by atoms with Gasteiger partial charge in [-0.05, 0) is 87.2 Å². The van der Waals surface area contributed by atoms with Gasteiger partial charge < -0.3 is 29.7 Å². The molecule has 3 N–H and O–H groups in total. The van der Waals surface area contributed by atoms with Gasteiger partial charge in [-0.25, -0.2) is 8.78 Å². The summed E-state index contributed by atoms with van der Waals surface area (Å²) in [6.07, 6.45) is 5.73. The third-order valence-corrected chi connectivity index (χ3v) is 7.92. The number of nitrogens with one attached hydrogen (secondary N) is 1. The number of aromatic nitrogens is 1. The van der Waals surface area contributed by atoms with Crippen LogP contribution in [0.2, 0.25) is 0 Å². The minimum absolute atomic E-state index is 0.0621. The second-order valence-electron chi connectivity index (χ2n) is 10.8. The van der Waals surface area contributed by atoms with E-state index in [1.807, 2.05) is 38.4 Å². The summed E-state index contributed by atoms with van der Waals surface area (Å²) in [7, 11) is 3.61. The minimum Gasteiger partial charge on any atom is -0.497 e. The molecule has 216 valence electrons. The van der Waals surface area contributed by atoms with Crippen molar-refractivity contribution in [1.82, 2.24) is 14.8 Å². The fraction of sp³-hybridized carbons (Fsp3) is 0.452. The monoisotopic (exact) mass is 555 g/mol. The number of nitrogens with zero attached hydrogens (tertiary/aromatic N) is 2. The second kappa shape index (κ2) is 13.4. The summed E-state index contributed by atoms with van der Waals surface area (Å²) in [6.45, 7) is 4.05. The number of likely N-dealkylation sites (N-methyl/N-ethyl adjacent to an activating group) is 1. The highest BCUT2D eigenvalue weighted by Crippen LogP contribution is 2.32. The summed E-state index contributed by atoms with van der Waals surface area (Å²) in [6, 6.07) is 9.01. The number of likely N-dealkylation sites (tertiary alicyclic amines) is 1. The van der Waals surface area contributed by atoms with Crippen molar-refractivity contribution in [1.29, 1.82) is 0 Å². The average molecular weight is 556 g/mol. The molecule has 3 unspecified atom stereocenters. The van der Waals surface area contributed by atoms with E-state index in [1.165, 1.54) is 24.3 Å². The van der Waals surface area contributed by atoms with Crippen LogP contribution in [0.4, 0.5) is 8.78 Å². The van der Waals surface area contributed by atoms with Crippen molar-refractivity contribution in [3.8, 4) is 5.75 Å². The number of halogens is 2.